The van der Waals surface area contributed by atoms with Crippen molar-refractivity contribution in [2.75, 3.05) is 13.7 Å². The molecule has 0 fully saturated rings. The van der Waals surface area contributed by atoms with Gasteiger partial charge in [-0.2, -0.15) is 0 Å². The molecule has 0 heterocycles. The van der Waals surface area contributed by atoms with Crippen molar-refractivity contribution < 1.29 is 9.84 Å². The number of aliphatic hydroxyl groups is 1. The molecule has 0 saturated heterocycles. The molecule has 2 rings (SSSR count). The summed E-state index contributed by atoms with van der Waals surface area (Å²) in [6, 6.07) is 17.6. The molecule has 0 bridgehead atoms. The van der Waals surface area contributed by atoms with Crippen molar-refractivity contribution in [3.8, 4) is 5.75 Å². The van der Waals surface area contributed by atoms with E-state index in [4.69, 9.17) is 4.74 Å². The second-order valence-electron chi connectivity index (χ2n) is 4.55. The molecule has 3 heteroatoms. The normalized spacial score (nSPS) is 12.5. The van der Waals surface area contributed by atoms with Gasteiger partial charge in [0.2, 0.25) is 0 Å². The Morgan fingerprint density at radius 3 is 2.50 bits per heavy atom. The summed E-state index contributed by atoms with van der Waals surface area (Å²) in [5, 5.41) is 9.45. The Morgan fingerprint density at radius 2 is 1.80 bits per heavy atom. The molecule has 0 aliphatic heterocycles. The number of benzene rings is 2. The summed E-state index contributed by atoms with van der Waals surface area (Å²) < 4.78 is 5.28. The molecule has 0 radical (unpaired) electrons. The van der Waals surface area contributed by atoms with Gasteiger partial charge < -0.3 is 9.84 Å². The highest BCUT2D eigenvalue weighted by atomic mass is 16.5. The Kier molecular flexibility index (Phi) is 5.33. The van der Waals surface area contributed by atoms with Crippen LogP contribution in [0.15, 0.2) is 59.6 Å². The van der Waals surface area contributed by atoms with E-state index in [1.807, 2.05) is 54.6 Å². The summed E-state index contributed by atoms with van der Waals surface area (Å²) >= 11 is 0. The molecule has 104 valence electrons. The first-order chi connectivity index (χ1) is 9.83. The van der Waals surface area contributed by atoms with Gasteiger partial charge in [0.25, 0.3) is 0 Å². The number of nitrogens with zero attached hydrogens (tertiary/aromatic N) is 1. The fourth-order valence-corrected chi connectivity index (χ4v) is 2.01. The summed E-state index contributed by atoms with van der Waals surface area (Å²) in [6.07, 6.45) is 2.49. The quantitative estimate of drug-likeness (QED) is 0.819. The number of para-hydroxylation sites is 1. The lowest BCUT2D eigenvalue weighted by molar-refractivity contribution is 0.266. The largest absolute Gasteiger partial charge is 0.496 e. The summed E-state index contributed by atoms with van der Waals surface area (Å²) in [6.45, 7) is 0.0283. The summed E-state index contributed by atoms with van der Waals surface area (Å²) in [4.78, 5) is 4.46. The molecule has 1 N–H and O–H groups in total. The fourth-order valence-electron chi connectivity index (χ4n) is 2.01. The van der Waals surface area contributed by atoms with Crippen molar-refractivity contribution in [3.05, 3.63) is 65.7 Å². The summed E-state index contributed by atoms with van der Waals surface area (Å²) in [7, 11) is 1.64. The minimum atomic E-state index is -0.137. The van der Waals surface area contributed by atoms with Crippen LogP contribution in [0.25, 0.3) is 0 Å². The van der Waals surface area contributed by atoms with E-state index in [9.17, 15) is 5.11 Å². The molecule has 2 aromatic carbocycles. The highest BCUT2D eigenvalue weighted by Gasteiger charge is 2.06. The SMILES string of the molecule is COc1ccccc1C=N[C@H](CO)Cc1ccccc1. The average Bonchev–Trinajstić information content (AvgIpc) is 2.52. The van der Waals surface area contributed by atoms with Gasteiger partial charge in [-0.15, -0.1) is 0 Å². The maximum Gasteiger partial charge on any atom is 0.127 e. The van der Waals surface area contributed by atoms with E-state index in [2.05, 4.69) is 4.99 Å². The van der Waals surface area contributed by atoms with Gasteiger partial charge in [0.15, 0.2) is 0 Å². The molecule has 0 unspecified atom stereocenters. The topological polar surface area (TPSA) is 41.8 Å². The van der Waals surface area contributed by atoms with E-state index in [0.717, 1.165) is 17.7 Å². The van der Waals surface area contributed by atoms with Crippen LogP contribution in [0.5, 0.6) is 5.75 Å². The molecule has 0 aliphatic rings. The van der Waals surface area contributed by atoms with Crippen molar-refractivity contribution in [3.63, 3.8) is 0 Å². The van der Waals surface area contributed by atoms with Crippen LogP contribution in [-0.2, 0) is 6.42 Å². The lowest BCUT2D eigenvalue weighted by Gasteiger charge is -2.10. The van der Waals surface area contributed by atoms with Crippen molar-refractivity contribution in [2.45, 2.75) is 12.5 Å². The first-order valence-electron chi connectivity index (χ1n) is 6.64. The standard InChI is InChI=1S/C17H19NO2/c1-20-17-10-6-5-9-15(17)12-18-16(13-19)11-14-7-3-2-4-8-14/h2-10,12,16,19H,11,13H2,1H3/t16-/m0/s1. The number of ether oxygens (including phenoxy) is 1. The Morgan fingerprint density at radius 1 is 1.10 bits per heavy atom. The zero-order chi connectivity index (χ0) is 14.2. The molecule has 0 amide bonds. The average molecular weight is 269 g/mol. The first kappa shape index (κ1) is 14.3. The van der Waals surface area contributed by atoms with E-state index in [1.54, 1.807) is 13.3 Å². The van der Waals surface area contributed by atoms with E-state index in [1.165, 1.54) is 5.56 Å². The maximum absolute atomic E-state index is 9.45. The lowest BCUT2D eigenvalue weighted by atomic mass is 10.1. The van der Waals surface area contributed by atoms with Gasteiger partial charge in [-0.1, -0.05) is 42.5 Å². The predicted molar refractivity (Wildman–Crippen MR) is 81.6 cm³/mol. The highest BCUT2D eigenvalue weighted by molar-refractivity contribution is 5.83. The zero-order valence-corrected chi connectivity index (χ0v) is 11.6. The van der Waals surface area contributed by atoms with Gasteiger partial charge in [-0.05, 0) is 24.1 Å². The third kappa shape index (κ3) is 3.93. The van der Waals surface area contributed by atoms with Crippen LogP contribution in [0.3, 0.4) is 0 Å². The van der Waals surface area contributed by atoms with E-state index in [0.29, 0.717) is 0 Å². The maximum atomic E-state index is 9.45. The van der Waals surface area contributed by atoms with Crippen molar-refractivity contribution in [1.82, 2.24) is 0 Å². The van der Waals surface area contributed by atoms with Gasteiger partial charge in [0.05, 0.1) is 19.8 Å². The first-order valence-corrected chi connectivity index (χ1v) is 6.64. The number of hydrogen-bond donors (Lipinski definition) is 1. The molecule has 20 heavy (non-hydrogen) atoms. The number of rotatable bonds is 6. The number of methoxy groups -OCH3 is 1. The molecule has 2 aromatic rings. The Labute approximate surface area is 119 Å². The van der Waals surface area contributed by atoms with E-state index >= 15 is 0 Å². The monoisotopic (exact) mass is 269 g/mol. The van der Waals surface area contributed by atoms with Crippen LogP contribution in [0.4, 0.5) is 0 Å². The minimum Gasteiger partial charge on any atom is -0.496 e. The molecule has 0 saturated carbocycles. The minimum absolute atomic E-state index is 0.0283. The Hall–Kier alpha value is -2.13. The molecule has 0 aliphatic carbocycles. The van der Waals surface area contributed by atoms with Gasteiger partial charge >= 0.3 is 0 Å². The summed E-state index contributed by atoms with van der Waals surface area (Å²) in [5.74, 6) is 0.785. The molecule has 1 atom stereocenters. The van der Waals surface area contributed by atoms with Crippen molar-refractivity contribution in [1.29, 1.82) is 0 Å². The molecular formula is C17H19NO2. The Balaban J connectivity index is 2.07. The van der Waals surface area contributed by atoms with E-state index < -0.39 is 0 Å². The van der Waals surface area contributed by atoms with Crippen LogP contribution in [-0.4, -0.2) is 31.1 Å². The van der Waals surface area contributed by atoms with Gasteiger partial charge in [-0.25, -0.2) is 0 Å². The predicted octanol–water partition coefficient (Wildman–Crippen LogP) is 2.72. The summed E-state index contributed by atoms with van der Waals surface area (Å²) in [5.41, 5.74) is 2.09. The van der Waals surface area contributed by atoms with Crippen molar-refractivity contribution >= 4 is 6.21 Å². The molecule has 0 aromatic heterocycles. The van der Waals surface area contributed by atoms with Gasteiger partial charge in [0.1, 0.15) is 5.75 Å². The Bertz CT molecular complexity index is 552. The molecule has 3 nitrogen and oxygen atoms in total. The van der Waals surface area contributed by atoms with Crippen LogP contribution < -0.4 is 4.74 Å². The second kappa shape index (κ2) is 7.46. The van der Waals surface area contributed by atoms with Crippen LogP contribution in [0.2, 0.25) is 0 Å². The number of aliphatic hydroxyl groups excluding tert-OH is 1. The molecular weight excluding hydrogens is 250 g/mol. The van der Waals surface area contributed by atoms with E-state index in [-0.39, 0.29) is 12.6 Å². The highest BCUT2D eigenvalue weighted by Crippen LogP contribution is 2.15. The van der Waals surface area contributed by atoms with Crippen LogP contribution in [0.1, 0.15) is 11.1 Å². The lowest BCUT2D eigenvalue weighted by Crippen LogP contribution is -2.14. The van der Waals surface area contributed by atoms with Crippen LogP contribution in [0, 0.1) is 0 Å². The third-order valence-electron chi connectivity index (χ3n) is 3.09. The smallest absolute Gasteiger partial charge is 0.127 e. The number of hydrogen-bond acceptors (Lipinski definition) is 3. The van der Waals surface area contributed by atoms with Gasteiger partial charge in [0, 0.05) is 11.8 Å². The number of aliphatic imine (C=N–C) groups is 1. The van der Waals surface area contributed by atoms with Crippen molar-refractivity contribution in [2.24, 2.45) is 4.99 Å². The van der Waals surface area contributed by atoms with Crippen LogP contribution >= 0.6 is 0 Å². The molecule has 0 spiro atoms. The second-order valence-corrected chi connectivity index (χ2v) is 4.55. The van der Waals surface area contributed by atoms with Gasteiger partial charge in [-0.3, -0.25) is 4.99 Å². The fraction of sp³-hybridized carbons (Fsp3) is 0.235. The third-order valence-corrected chi connectivity index (χ3v) is 3.09. The zero-order valence-electron chi connectivity index (χ0n) is 11.6.